The number of aliphatic imine (C=N–C) groups is 1. The Morgan fingerprint density at radius 3 is 2.75 bits per heavy atom. The SMILES string of the molecule is C=C(/C=C(\NN)C1CC1)N=C(N)C=C(C)NC(=C)NCc1cc(-c2ccc(F)cn2)no1. The van der Waals surface area contributed by atoms with Crippen molar-refractivity contribution in [3.8, 4) is 11.4 Å². The third-order valence-electron chi connectivity index (χ3n) is 4.52. The molecule has 9 nitrogen and oxygen atoms in total. The van der Waals surface area contributed by atoms with Gasteiger partial charge in [-0.15, -0.1) is 0 Å². The summed E-state index contributed by atoms with van der Waals surface area (Å²) in [6.07, 6.45) is 6.82. The van der Waals surface area contributed by atoms with Gasteiger partial charge in [0.05, 0.1) is 30.0 Å². The van der Waals surface area contributed by atoms with E-state index in [4.69, 9.17) is 16.1 Å². The van der Waals surface area contributed by atoms with Gasteiger partial charge in [-0.25, -0.2) is 9.38 Å². The number of hydrogen-bond acceptors (Lipinski definition) is 8. The molecular formula is C22H27FN8O. The van der Waals surface area contributed by atoms with Crippen LogP contribution in [0, 0.1) is 11.7 Å². The molecule has 0 bridgehead atoms. The zero-order valence-electron chi connectivity index (χ0n) is 17.9. The van der Waals surface area contributed by atoms with E-state index in [1.165, 1.54) is 12.1 Å². The summed E-state index contributed by atoms with van der Waals surface area (Å²) in [6.45, 7) is 9.99. The van der Waals surface area contributed by atoms with Gasteiger partial charge in [0.15, 0.2) is 5.76 Å². The maximum absolute atomic E-state index is 13.0. The lowest BCUT2D eigenvalue weighted by Gasteiger charge is -2.11. The number of aromatic nitrogens is 2. The van der Waals surface area contributed by atoms with Crippen molar-refractivity contribution in [2.45, 2.75) is 26.3 Å². The number of nitrogens with zero attached hydrogens (tertiary/aromatic N) is 3. The molecule has 1 saturated carbocycles. The smallest absolute Gasteiger partial charge is 0.156 e. The number of allylic oxidation sites excluding steroid dienone is 3. The number of rotatable bonds is 11. The Kier molecular flexibility index (Phi) is 7.40. The summed E-state index contributed by atoms with van der Waals surface area (Å²) in [7, 11) is 0. The fourth-order valence-corrected chi connectivity index (χ4v) is 2.86. The van der Waals surface area contributed by atoms with Crippen molar-refractivity contribution in [1.82, 2.24) is 26.2 Å². The Morgan fingerprint density at radius 2 is 2.09 bits per heavy atom. The molecule has 2 aromatic heterocycles. The molecule has 3 rings (SSSR count). The first-order chi connectivity index (χ1) is 15.3. The van der Waals surface area contributed by atoms with E-state index in [9.17, 15) is 4.39 Å². The lowest BCUT2D eigenvalue weighted by molar-refractivity contribution is 0.378. The van der Waals surface area contributed by atoms with Crippen LogP contribution in [-0.4, -0.2) is 16.0 Å². The number of hydrogen-bond donors (Lipinski definition) is 5. The molecule has 7 N–H and O–H groups in total. The van der Waals surface area contributed by atoms with E-state index in [-0.39, 0.29) is 0 Å². The Labute approximate surface area is 185 Å². The summed E-state index contributed by atoms with van der Waals surface area (Å²) in [5.41, 5.74) is 11.9. The third-order valence-corrected chi connectivity index (χ3v) is 4.52. The summed E-state index contributed by atoms with van der Waals surface area (Å²) in [4.78, 5) is 8.24. The number of hydrazine groups is 1. The second-order valence-corrected chi connectivity index (χ2v) is 7.37. The minimum Gasteiger partial charge on any atom is -0.384 e. The van der Waals surface area contributed by atoms with Gasteiger partial charge in [0.25, 0.3) is 0 Å². The molecule has 0 spiro atoms. The predicted molar refractivity (Wildman–Crippen MR) is 121 cm³/mol. The van der Waals surface area contributed by atoms with Crippen molar-refractivity contribution in [3.05, 3.63) is 84.2 Å². The Balaban J connectivity index is 1.49. The quantitative estimate of drug-likeness (QED) is 0.119. The number of nitrogens with two attached hydrogens (primary N) is 2. The van der Waals surface area contributed by atoms with Gasteiger partial charge in [-0.3, -0.25) is 10.8 Å². The molecule has 0 atom stereocenters. The van der Waals surface area contributed by atoms with Gasteiger partial charge in [0, 0.05) is 23.4 Å². The zero-order chi connectivity index (χ0) is 23.1. The second kappa shape index (κ2) is 10.4. The number of pyridine rings is 1. The van der Waals surface area contributed by atoms with Crippen molar-refractivity contribution >= 4 is 5.84 Å². The van der Waals surface area contributed by atoms with E-state index < -0.39 is 5.82 Å². The van der Waals surface area contributed by atoms with Crippen LogP contribution in [0.4, 0.5) is 4.39 Å². The molecule has 168 valence electrons. The minimum absolute atomic E-state index is 0.294. The maximum atomic E-state index is 13.0. The average Bonchev–Trinajstić information content (AvgIpc) is 3.48. The van der Waals surface area contributed by atoms with Crippen molar-refractivity contribution in [2.75, 3.05) is 0 Å². The summed E-state index contributed by atoms with van der Waals surface area (Å²) < 4.78 is 18.3. The molecule has 2 heterocycles. The van der Waals surface area contributed by atoms with Crippen molar-refractivity contribution < 1.29 is 8.91 Å². The molecule has 1 aliphatic carbocycles. The Hall–Kier alpha value is -3.92. The lowest BCUT2D eigenvalue weighted by atomic mass is 10.2. The molecule has 0 aromatic carbocycles. The first-order valence-corrected chi connectivity index (χ1v) is 10.0. The molecule has 1 aliphatic rings. The normalized spacial score (nSPS) is 14.8. The molecule has 0 radical (unpaired) electrons. The number of nitrogens with one attached hydrogen (secondary N) is 3. The van der Waals surface area contributed by atoms with Gasteiger partial charge in [-0.2, -0.15) is 0 Å². The Bertz CT molecular complexity index is 1060. The number of amidine groups is 1. The van der Waals surface area contributed by atoms with Gasteiger partial charge >= 0.3 is 0 Å². The summed E-state index contributed by atoms with van der Waals surface area (Å²) in [5, 5.41) is 10.1. The highest BCUT2D eigenvalue weighted by Crippen LogP contribution is 2.35. The molecule has 0 amide bonds. The van der Waals surface area contributed by atoms with E-state index in [1.54, 1.807) is 18.2 Å². The van der Waals surface area contributed by atoms with Crippen LogP contribution in [0.1, 0.15) is 25.5 Å². The van der Waals surface area contributed by atoms with E-state index in [2.05, 4.69) is 44.4 Å². The van der Waals surface area contributed by atoms with Gasteiger partial charge in [-0.1, -0.05) is 18.3 Å². The maximum Gasteiger partial charge on any atom is 0.156 e. The van der Waals surface area contributed by atoms with Crippen LogP contribution in [0.2, 0.25) is 0 Å². The third kappa shape index (κ3) is 6.81. The molecule has 1 fully saturated rings. The second-order valence-electron chi connectivity index (χ2n) is 7.37. The minimum atomic E-state index is -0.410. The number of halogens is 1. The standard InChI is InChI=1S/C22H27FN8O/c1-13(8-20(30-25)16-4-5-16)29-22(24)9-14(2)28-15(3)26-12-18-10-21(31-32-18)19-7-6-17(23)11-27-19/h6-11,16,26,28,30H,1,3-5,12,25H2,2H3,(H2,24,29)/b14-9?,20-8-. The molecule has 32 heavy (non-hydrogen) atoms. The molecule has 0 saturated heterocycles. The summed E-state index contributed by atoms with van der Waals surface area (Å²) in [6, 6.07) is 4.57. The van der Waals surface area contributed by atoms with Gasteiger partial charge in [0.1, 0.15) is 17.3 Å². The lowest BCUT2D eigenvalue weighted by Crippen LogP contribution is -2.24. The first-order valence-electron chi connectivity index (χ1n) is 10.0. The first kappa shape index (κ1) is 22.8. The van der Waals surface area contributed by atoms with Crippen LogP contribution in [0.25, 0.3) is 11.4 Å². The van der Waals surface area contributed by atoms with Crippen molar-refractivity contribution in [1.29, 1.82) is 0 Å². The summed E-state index contributed by atoms with van der Waals surface area (Å²) >= 11 is 0. The molecule has 0 aliphatic heterocycles. The van der Waals surface area contributed by atoms with Crippen molar-refractivity contribution in [3.63, 3.8) is 0 Å². The zero-order valence-corrected chi connectivity index (χ0v) is 17.9. The van der Waals surface area contributed by atoms with Crippen LogP contribution in [0.5, 0.6) is 0 Å². The fraction of sp³-hybridized carbons (Fsp3) is 0.227. The highest BCUT2D eigenvalue weighted by Gasteiger charge is 2.25. The van der Waals surface area contributed by atoms with Gasteiger partial charge in [-0.05, 0) is 44.1 Å². The van der Waals surface area contributed by atoms with Crippen LogP contribution < -0.4 is 27.6 Å². The van der Waals surface area contributed by atoms with Crippen molar-refractivity contribution in [2.24, 2.45) is 22.5 Å². The van der Waals surface area contributed by atoms with Crippen LogP contribution in [-0.2, 0) is 6.54 Å². The van der Waals surface area contributed by atoms with E-state index >= 15 is 0 Å². The molecule has 2 aromatic rings. The highest BCUT2D eigenvalue weighted by molar-refractivity contribution is 5.92. The van der Waals surface area contributed by atoms with Crippen LogP contribution in [0.3, 0.4) is 0 Å². The largest absolute Gasteiger partial charge is 0.384 e. The van der Waals surface area contributed by atoms with Gasteiger partial charge in [0.2, 0.25) is 0 Å². The monoisotopic (exact) mass is 438 g/mol. The van der Waals surface area contributed by atoms with E-state index in [1.807, 2.05) is 6.92 Å². The molecule has 0 unspecified atom stereocenters. The Morgan fingerprint density at radius 1 is 1.31 bits per heavy atom. The van der Waals surface area contributed by atoms with Crippen LogP contribution >= 0.6 is 0 Å². The fourth-order valence-electron chi connectivity index (χ4n) is 2.86. The average molecular weight is 439 g/mol. The topological polar surface area (TPSA) is 139 Å². The molecular weight excluding hydrogens is 411 g/mol. The predicted octanol–water partition coefficient (Wildman–Crippen LogP) is 2.56. The van der Waals surface area contributed by atoms with Crippen LogP contribution in [0.15, 0.2) is 82.1 Å². The van der Waals surface area contributed by atoms with Gasteiger partial charge < -0.3 is 26.3 Å². The summed E-state index contributed by atoms with van der Waals surface area (Å²) in [5.74, 6) is 6.97. The highest BCUT2D eigenvalue weighted by atomic mass is 19.1. The van der Waals surface area contributed by atoms with E-state index in [0.29, 0.717) is 47.0 Å². The van der Waals surface area contributed by atoms with E-state index in [0.717, 1.165) is 30.4 Å². The molecule has 10 heteroatoms.